The van der Waals surface area contributed by atoms with Gasteiger partial charge in [-0.3, -0.25) is 4.79 Å². The third-order valence-corrected chi connectivity index (χ3v) is 2.91. The fourth-order valence-corrected chi connectivity index (χ4v) is 1.87. The molecule has 0 saturated heterocycles. The van der Waals surface area contributed by atoms with Crippen molar-refractivity contribution in [2.24, 2.45) is 10.9 Å². The van der Waals surface area contributed by atoms with E-state index in [2.05, 4.69) is 31.1 Å². The van der Waals surface area contributed by atoms with Gasteiger partial charge in [-0.2, -0.15) is 5.21 Å². The number of nitrogens with two attached hydrogens (primary N) is 1. The molecule has 0 aliphatic carbocycles. The lowest BCUT2D eigenvalue weighted by molar-refractivity contribution is -0.121. The highest BCUT2D eigenvalue weighted by Crippen LogP contribution is 2.17. The topological polar surface area (TPSA) is 142 Å². The summed E-state index contributed by atoms with van der Waals surface area (Å²) in [5.41, 5.74) is 6.25. The SMILES string of the molecule is CC(NC(=O)C(C(N)=NO)c1ccccc1)c1nn[nH]n1. The number of nitrogens with zero attached hydrogens (tertiary/aromatic N) is 4. The monoisotopic (exact) mass is 289 g/mol. The van der Waals surface area contributed by atoms with Gasteiger partial charge < -0.3 is 16.3 Å². The Bertz CT molecular complexity index is 612. The van der Waals surface area contributed by atoms with Crippen LogP contribution >= 0.6 is 0 Å². The maximum Gasteiger partial charge on any atom is 0.235 e. The molecule has 21 heavy (non-hydrogen) atoms. The van der Waals surface area contributed by atoms with Crippen LogP contribution in [0.4, 0.5) is 0 Å². The summed E-state index contributed by atoms with van der Waals surface area (Å²) in [4.78, 5) is 12.4. The number of carbonyl (C=O) groups is 1. The number of oxime groups is 1. The molecule has 0 aliphatic heterocycles. The molecular weight excluding hydrogens is 274 g/mol. The number of nitrogens with one attached hydrogen (secondary N) is 2. The maximum atomic E-state index is 12.4. The Morgan fingerprint density at radius 3 is 2.71 bits per heavy atom. The Morgan fingerprint density at radius 1 is 1.43 bits per heavy atom. The summed E-state index contributed by atoms with van der Waals surface area (Å²) in [5, 5.41) is 27.8. The van der Waals surface area contributed by atoms with Crippen molar-refractivity contribution in [2.75, 3.05) is 0 Å². The van der Waals surface area contributed by atoms with E-state index in [4.69, 9.17) is 10.9 Å². The third kappa shape index (κ3) is 3.32. The third-order valence-electron chi connectivity index (χ3n) is 2.91. The van der Waals surface area contributed by atoms with Crippen molar-refractivity contribution in [2.45, 2.75) is 18.9 Å². The standard InChI is InChI=1S/C12H15N7O2/c1-7(11-15-18-19-16-11)14-12(20)9(10(13)17-21)8-5-3-2-4-6-8/h2-7,9,21H,1H3,(H2,13,17)(H,14,20)(H,15,16,18,19). The minimum absolute atomic E-state index is 0.195. The molecule has 0 aliphatic rings. The highest BCUT2D eigenvalue weighted by Gasteiger charge is 2.27. The van der Waals surface area contributed by atoms with Crippen LogP contribution in [0.3, 0.4) is 0 Å². The molecule has 0 radical (unpaired) electrons. The molecule has 9 heteroatoms. The number of rotatable bonds is 5. The Balaban J connectivity index is 2.20. The Morgan fingerprint density at radius 2 is 2.14 bits per heavy atom. The summed E-state index contributed by atoms with van der Waals surface area (Å²) in [6, 6.07) is 8.33. The van der Waals surface area contributed by atoms with Gasteiger partial charge in [0.05, 0.1) is 6.04 Å². The molecule has 2 aromatic rings. The van der Waals surface area contributed by atoms with Crippen LogP contribution in [-0.4, -0.2) is 37.6 Å². The molecule has 0 bridgehead atoms. The van der Waals surface area contributed by atoms with E-state index < -0.39 is 17.9 Å². The van der Waals surface area contributed by atoms with Gasteiger partial charge in [0.25, 0.3) is 0 Å². The first-order chi connectivity index (χ1) is 10.1. The van der Waals surface area contributed by atoms with Crippen LogP contribution in [0.15, 0.2) is 35.5 Å². The van der Waals surface area contributed by atoms with Gasteiger partial charge >= 0.3 is 0 Å². The van der Waals surface area contributed by atoms with Crippen molar-refractivity contribution in [1.82, 2.24) is 25.9 Å². The molecule has 5 N–H and O–H groups in total. The molecule has 110 valence electrons. The highest BCUT2D eigenvalue weighted by atomic mass is 16.4. The lowest BCUT2D eigenvalue weighted by atomic mass is 9.97. The lowest BCUT2D eigenvalue weighted by Gasteiger charge is -2.18. The Kier molecular flexibility index (Phi) is 4.44. The number of amides is 1. The highest BCUT2D eigenvalue weighted by molar-refractivity contribution is 6.07. The molecule has 9 nitrogen and oxygen atoms in total. The molecule has 2 rings (SSSR count). The van der Waals surface area contributed by atoms with E-state index >= 15 is 0 Å². The van der Waals surface area contributed by atoms with Gasteiger partial charge in [0.15, 0.2) is 11.7 Å². The number of aromatic amines is 1. The van der Waals surface area contributed by atoms with E-state index in [1.54, 1.807) is 31.2 Å². The number of carbonyl (C=O) groups excluding carboxylic acids is 1. The van der Waals surface area contributed by atoms with Crippen LogP contribution in [-0.2, 0) is 4.79 Å². The van der Waals surface area contributed by atoms with E-state index in [1.807, 2.05) is 6.07 Å². The maximum absolute atomic E-state index is 12.4. The van der Waals surface area contributed by atoms with Gasteiger partial charge in [-0.05, 0) is 12.5 Å². The van der Waals surface area contributed by atoms with Gasteiger partial charge in [0.1, 0.15) is 5.92 Å². The van der Waals surface area contributed by atoms with Crippen LogP contribution in [0, 0.1) is 0 Å². The molecule has 1 aromatic heterocycles. The second-order valence-corrected chi connectivity index (χ2v) is 4.37. The summed E-state index contributed by atoms with van der Waals surface area (Å²) < 4.78 is 0. The summed E-state index contributed by atoms with van der Waals surface area (Å²) in [6.45, 7) is 1.71. The summed E-state index contributed by atoms with van der Waals surface area (Å²) >= 11 is 0. The number of benzene rings is 1. The van der Waals surface area contributed by atoms with Gasteiger partial charge in [-0.1, -0.05) is 40.7 Å². The number of tetrazole rings is 1. The quantitative estimate of drug-likeness (QED) is 0.262. The fourth-order valence-electron chi connectivity index (χ4n) is 1.87. The molecule has 0 spiro atoms. The van der Waals surface area contributed by atoms with Crippen molar-refractivity contribution in [3.63, 3.8) is 0 Å². The van der Waals surface area contributed by atoms with Gasteiger partial charge in [0, 0.05) is 0 Å². The van der Waals surface area contributed by atoms with Crippen LogP contribution in [0.1, 0.15) is 30.3 Å². The first-order valence-corrected chi connectivity index (χ1v) is 6.19. The zero-order valence-electron chi connectivity index (χ0n) is 11.3. The van der Waals surface area contributed by atoms with Gasteiger partial charge in [-0.25, -0.2) is 0 Å². The molecule has 2 unspecified atom stereocenters. The van der Waals surface area contributed by atoms with E-state index in [1.165, 1.54) is 0 Å². The average Bonchev–Trinajstić information content (AvgIpc) is 3.02. The van der Waals surface area contributed by atoms with Crippen LogP contribution < -0.4 is 11.1 Å². The summed E-state index contributed by atoms with van der Waals surface area (Å²) in [6.07, 6.45) is 0. The van der Waals surface area contributed by atoms with Crippen LogP contribution in [0.2, 0.25) is 0 Å². The normalized spacial score (nSPS) is 14.4. The molecule has 0 saturated carbocycles. The first-order valence-electron chi connectivity index (χ1n) is 6.19. The largest absolute Gasteiger partial charge is 0.409 e. The van der Waals surface area contributed by atoms with Crippen molar-refractivity contribution < 1.29 is 10.0 Å². The number of hydrogen-bond acceptors (Lipinski definition) is 6. The fraction of sp³-hybridized carbons (Fsp3) is 0.250. The molecule has 1 heterocycles. The molecule has 2 atom stereocenters. The second kappa shape index (κ2) is 6.46. The number of amidine groups is 1. The van der Waals surface area contributed by atoms with E-state index in [-0.39, 0.29) is 5.84 Å². The van der Waals surface area contributed by atoms with Crippen LogP contribution in [0.5, 0.6) is 0 Å². The number of aromatic nitrogens is 4. The minimum atomic E-state index is -0.898. The zero-order chi connectivity index (χ0) is 15.2. The molecule has 1 amide bonds. The molecular formula is C12H15N7O2. The van der Waals surface area contributed by atoms with Crippen molar-refractivity contribution in [3.8, 4) is 0 Å². The average molecular weight is 289 g/mol. The van der Waals surface area contributed by atoms with E-state index in [0.29, 0.717) is 11.4 Å². The minimum Gasteiger partial charge on any atom is -0.409 e. The van der Waals surface area contributed by atoms with Crippen molar-refractivity contribution >= 4 is 11.7 Å². The van der Waals surface area contributed by atoms with Crippen molar-refractivity contribution in [1.29, 1.82) is 0 Å². The van der Waals surface area contributed by atoms with Gasteiger partial charge in [-0.15, -0.1) is 10.2 Å². The predicted molar refractivity (Wildman–Crippen MR) is 73.3 cm³/mol. The van der Waals surface area contributed by atoms with Crippen LogP contribution in [0.25, 0.3) is 0 Å². The first kappa shape index (κ1) is 14.4. The summed E-state index contributed by atoms with van der Waals surface area (Å²) in [5.74, 6) is -1.17. The van der Waals surface area contributed by atoms with E-state index in [0.717, 1.165) is 0 Å². The Labute approximate surface area is 120 Å². The van der Waals surface area contributed by atoms with Gasteiger partial charge in [0.2, 0.25) is 5.91 Å². The lowest BCUT2D eigenvalue weighted by Crippen LogP contribution is -2.38. The molecule has 1 aromatic carbocycles. The van der Waals surface area contributed by atoms with E-state index in [9.17, 15) is 4.79 Å². The van der Waals surface area contributed by atoms with Crippen molar-refractivity contribution in [3.05, 3.63) is 41.7 Å². The predicted octanol–water partition coefficient (Wildman–Crippen LogP) is -0.0929. The zero-order valence-corrected chi connectivity index (χ0v) is 11.3. The Hall–Kier alpha value is -2.97. The summed E-state index contributed by atoms with van der Waals surface area (Å²) in [7, 11) is 0. The number of H-pyrrole nitrogens is 1. The number of hydrogen-bond donors (Lipinski definition) is 4. The smallest absolute Gasteiger partial charge is 0.235 e. The molecule has 0 fully saturated rings. The second-order valence-electron chi connectivity index (χ2n) is 4.37.